The number of fused-ring (bicyclic) bond motifs is 2. The Balaban J connectivity index is 1.75. The first-order valence-corrected chi connectivity index (χ1v) is 7.58. The van der Waals surface area contributed by atoms with Gasteiger partial charge < -0.3 is 5.73 Å². The molecular weight excluding hydrogens is 334 g/mol. The van der Waals surface area contributed by atoms with E-state index in [0.717, 1.165) is 11.3 Å². The maximum Gasteiger partial charge on any atom is 0.289 e. The van der Waals surface area contributed by atoms with Crippen LogP contribution in [0.3, 0.4) is 0 Å². The summed E-state index contributed by atoms with van der Waals surface area (Å²) in [6, 6.07) is 5.15. The van der Waals surface area contributed by atoms with Crippen LogP contribution in [0.2, 0.25) is 0 Å². The Kier molecular flexibility index (Phi) is 3.32. The van der Waals surface area contributed by atoms with Crippen LogP contribution in [-0.4, -0.2) is 25.1 Å². The predicted molar refractivity (Wildman–Crippen MR) is 86.7 cm³/mol. The van der Waals surface area contributed by atoms with E-state index in [4.69, 9.17) is 5.73 Å². The van der Waals surface area contributed by atoms with E-state index in [1.807, 2.05) is 0 Å². The average molecular weight is 342 g/mol. The van der Waals surface area contributed by atoms with Crippen LogP contribution in [0.4, 0.5) is 14.6 Å². The molecule has 9 heteroatoms. The summed E-state index contributed by atoms with van der Waals surface area (Å²) in [4.78, 5) is 11.8. The lowest BCUT2D eigenvalue weighted by Gasteiger charge is -1.93. The van der Waals surface area contributed by atoms with Crippen molar-refractivity contribution in [1.29, 1.82) is 0 Å². The van der Waals surface area contributed by atoms with Crippen LogP contribution in [0.1, 0.15) is 22.7 Å². The molecule has 3 heterocycles. The smallest absolute Gasteiger partial charge is 0.289 e. The molecule has 3 N–H and O–H groups in total. The standard InChI is InChI=1S/C15H8F2N6S/c16-12(17)15-21-9-5-7(2-4-10(9)24-15)1-3-8-11-13(18)19-6-20-14(11)23-22-8/h2,4-6,12H,(H3,18,19,20,22,23). The zero-order valence-corrected chi connectivity index (χ0v) is 12.7. The highest BCUT2D eigenvalue weighted by Gasteiger charge is 2.13. The van der Waals surface area contributed by atoms with Gasteiger partial charge in [0.15, 0.2) is 10.7 Å². The molecule has 118 valence electrons. The number of hydrogen-bond donors (Lipinski definition) is 2. The molecule has 0 aliphatic carbocycles. The van der Waals surface area contributed by atoms with Gasteiger partial charge in [-0.3, -0.25) is 5.10 Å². The third-order valence-electron chi connectivity index (χ3n) is 3.30. The van der Waals surface area contributed by atoms with Crippen molar-refractivity contribution in [3.63, 3.8) is 0 Å². The van der Waals surface area contributed by atoms with Gasteiger partial charge in [0.1, 0.15) is 17.8 Å². The van der Waals surface area contributed by atoms with Gasteiger partial charge in [-0.2, -0.15) is 5.10 Å². The van der Waals surface area contributed by atoms with Crippen LogP contribution < -0.4 is 5.73 Å². The maximum absolute atomic E-state index is 12.7. The SMILES string of the molecule is Nc1ncnc2n[nH]c(C#Cc3ccc4sc(C(F)F)nc4c3)c12. The molecule has 1 aromatic carbocycles. The third-order valence-corrected chi connectivity index (χ3v) is 4.35. The van der Waals surface area contributed by atoms with E-state index in [1.54, 1.807) is 18.2 Å². The molecule has 0 radical (unpaired) electrons. The van der Waals surface area contributed by atoms with Crippen LogP contribution >= 0.6 is 11.3 Å². The zero-order valence-electron chi connectivity index (χ0n) is 11.9. The summed E-state index contributed by atoms with van der Waals surface area (Å²) >= 11 is 0.975. The second kappa shape index (κ2) is 5.50. The van der Waals surface area contributed by atoms with Gasteiger partial charge in [0, 0.05) is 5.56 Å². The van der Waals surface area contributed by atoms with Crippen LogP contribution in [0, 0.1) is 11.8 Å². The van der Waals surface area contributed by atoms with E-state index in [2.05, 4.69) is 37.0 Å². The minimum Gasteiger partial charge on any atom is -0.383 e. The van der Waals surface area contributed by atoms with Crippen molar-refractivity contribution < 1.29 is 8.78 Å². The first-order chi connectivity index (χ1) is 11.6. The topological polar surface area (TPSA) is 93.4 Å². The minimum atomic E-state index is -2.57. The van der Waals surface area contributed by atoms with Gasteiger partial charge in [-0.25, -0.2) is 23.7 Å². The Morgan fingerprint density at radius 3 is 2.92 bits per heavy atom. The number of nitrogens with zero attached hydrogens (tertiary/aromatic N) is 4. The maximum atomic E-state index is 12.7. The Labute approximate surface area is 137 Å². The fourth-order valence-corrected chi connectivity index (χ4v) is 3.02. The van der Waals surface area contributed by atoms with Gasteiger partial charge in [-0.05, 0) is 24.1 Å². The molecule has 4 rings (SSSR count). The van der Waals surface area contributed by atoms with E-state index in [-0.39, 0.29) is 10.8 Å². The molecule has 0 aliphatic rings. The van der Waals surface area contributed by atoms with Crippen molar-refractivity contribution in [2.24, 2.45) is 0 Å². The number of hydrogen-bond acceptors (Lipinski definition) is 6. The Morgan fingerprint density at radius 1 is 1.21 bits per heavy atom. The molecule has 0 unspecified atom stereocenters. The first-order valence-electron chi connectivity index (χ1n) is 6.77. The summed E-state index contributed by atoms with van der Waals surface area (Å²) < 4.78 is 26.1. The van der Waals surface area contributed by atoms with E-state index in [0.29, 0.717) is 32.5 Å². The molecular formula is C15H8F2N6S. The van der Waals surface area contributed by atoms with E-state index >= 15 is 0 Å². The summed E-state index contributed by atoms with van der Waals surface area (Å²) in [6.45, 7) is 0. The number of aromatic amines is 1. The quantitative estimate of drug-likeness (QED) is 0.519. The number of alkyl halides is 2. The van der Waals surface area contributed by atoms with Crippen molar-refractivity contribution in [2.75, 3.05) is 5.73 Å². The van der Waals surface area contributed by atoms with E-state index in [9.17, 15) is 8.78 Å². The van der Waals surface area contributed by atoms with Gasteiger partial charge in [0.2, 0.25) is 0 Å². The van der Waals surface area contributed by atoms with Crippen molar-refractivity contribution >= 4 is 38.4 Å². The summed E-state index contributed by atoms with van der Waals surface area (Å²) in [5.74, 6) is 6.15. The number of benzene rings is 1. The highest BCUT2D eigenvalue weighted by molar-refractivity contribution is 7.18. The lowest BCUT2D eigenvalue weighted by atomic mass is 10.2. The normalized spacial score (nSPS) is 11.1. The molecule has 0 aliphatic heterocycles. The molecule has 0 saturated heterocycles. The summed E-state index contributed by atoms with van der Waals surface area (Å²) in [6.07, 6.45) is -1.25. The fraction of sp³-hybridized carbons (Fsp3) is 0.0667. The molecule has 0 saturated carbocycles. The number of anilines is 1. The average Bonchev–Trinajstić information content (AvgIpc) is 3.17. The van der Waals surface area contributed by atoms with E-state index < -0.39 is 6.43 Å². The molecule has 0 amide bonds. The summed E-state index contributed by atoms with van der Waals surface area (Å²) in [5, 5.41) is 7.13. The van der Waals surface area contributed by atoms with Gasteiger partial charge in [0.05, 0.1) is 15.6 Å². The Hall–Kier alpha value is -3.12. The van der Waals surface area contributed by atoms with Gasteiger partial charge in [0.25, 0.3) is 6.43 Å². The number of aromatic nitrogens is 5. The Morgan fingerprint density at radius 2 is 2.08 bits per heavy atom. The number of halogens is 2. The lowest BCUT2D eigenvalue weighted by Crippen LogP contribution is -1.92. The number of rotatable bonds is 1. The van der Waals surface area contributed by atoms with Crippen LogP contribution in [0.5, 0.6) is 0 Å². The van der Waals surface area contributed by atoms with E-state index in [1.165, 1.54) is 6.33 Å². The highest BCUT2D eigenvalue weighted by Crippen LogP contribution is 2.29. The largest absolute Gasteiger partial charge is 0.383 e. The molecule has 24 heavy (non-hydrogen) atoms. The van der Waals surface area contributed by atoms with Crippen LogP contribution in [0.25, 0.3) is 21.3 Å². The van der Waals surface area contributed by atoms with Crippen LogP contribution in [-0.2, 0) is 0 Å². The summed E-state index contributed by atoms with van der Waals surface area (Å²) in [7, 11) is 0. The molecule has 0 atom stereocenters. The van der Waals surface area contributed by atoms with Gasteiger partial charge in [-0.15, -0.1) is 11.3 Å². The number of thiazole rings is 1. The molecule has 4 aromatic rings. The Bertz CT molecular complexity index is 1120. The number of nitrogens with two attached hydrogens (primary N) is 1. The lowest BCUT2D eigenvalue weighted by molar-refractivity contribution is 0.151. The van der Waals surface area contributed by atoms with Crippen molar-refractivity contribution in [1.82, 2.24) is 25.1 Å². The second-order valence-corrected chi connectivity index (χ2v) is 5.90. The monoisotopic (exact) mass is 342 g/mol. The number of nitrogen functional groups attached to an aromatic ring is 1. The molecule has 0 fully saturated rings. The van der Waals surface area contributed by atoms with Gasteiger partial charge >= 0.3 is 0 Å². The fourth-order valence-electron chi connectivity index (χ4n) is 2.22. The molecule has 0 spiro atoms. The predicted octanol–water partition coefficient (Wildman–Crippen LogP) is 2.88. The number of nitrogens with one attached hydrogen (secondary N) is 1. The zero-order chi connectivity index (χ0) is 16.7. The van der Waals surface area contributed by atoms with Gasteiger partial charge in [-0.1, -0.05) is 5.92 Å². The minimum absolute atomic E-state index is 0.195. The summed E-state index contributed by atoms with van der Waals surface area (Å²) in [5.41, 5.74) is 7.89. The highest BCUT2D eigenvalue weighted by atomic mass is 32.1. The van der Waals surface area contributed by atoms with Crippen molar-refractivity contribution in [2.45, 2.75) is 6.43 Å². The first kappa shape index (κ1) is 14.5. The number of H-pyrrole nitrogens is 1. The molecule has 0 bridgehead atoms. The van der Waals surface area contributed by atoms with Crippen molar-refractivity contribution in [3.05, 3.63) is 40.8 Å². The van der Waals surface area contributed by atoms with Crippen LogP contribution in [0.15, 0.2) is 24.5 Å². The molecule has 6 nitrogen and oxygen atoms in total. The van der Waals surface area contributed by atoms with Crippen molar-refractivity contribution in [3.8, 4) is 11.8 Å². The molecule has 3 aromatic heterocycles. The second-order valence-electron chi connectivity index (χ2n) is 4.84. The third kappa shape index (κ3) is 2.43.